The number of nitrogens with one attached hydrogen (secondary N) is 2. The fourth-order valence-electron chi connectivity index (χ4n) is 4.21. The lowest BCUT2D eigenvalue weighted by Crippen LogP contribution is -2.58. The lowest BCUT2D eigenvalue weighted by atomic mass is 9.96. The third-order valence-electron chi connectivity index (χ3n) is 6.24. The smallest absolute Gasteiger partial charge is 0.254 e. The molecule has 3 atom stereocenters. The van der Waals surface area contributed by atoms with Crippen molar-refractivity contribution in [3.63, 3.8) is 0 Å². The van der Waals surface area contributed by atoms with E-state index in [2.05, 4.69) is 16.6 Å². The fraction of sp³-hybridized carbons (Fsp3) is 0.370. The van der Waals surface area contributed by atoms with Gasteiger partial charge in [-0.15, -0.1) is 18.2 Å². The Balaban J connectivity index is 1.88. The first-order valence-electron chi connectivity index (χ1n) is 11.5. The Morgan fingerprint density at radius 2 is 1.89 bits per heavy atom. The highest BCUT2D eigenvalue weighted by Crippen LogP contribution is 2.39. The summed E-state index contributed by atoms with van der Waals surface area (Å²) in [4.78, 5) is 40.9. The SMILES string of the molecule is C#CCNC(=O)[C@H]1N(C(=O)[C@@H](O)[C@H](Cc2ccccc2)NC(=O)c2cccc(O)c2C)CSC1(C)C. The maximum absolute atomic E-state index is 13.5. The molecular formula is C27H31N3O5S. The van der Waals surface area contributed by atoms with E-state index in [-0.39, 0.29) is 30.2 Å². The van der Waals surface area contributed by atoms with Crippen molar-refractivity contribution < 1.29 is 24.6 Å². The van der Waals surface area contributed by atoms with Crippen LogP contribution in [-0.2, 0) is 16.0 Å². The van der Waals surface area contributed by atoms with Crippen LogP contribution in [0.15, 0.2) is 48.5 Å². The minimum atomic E-state index is -1.62. The van der Waals surface area contributed by atoms with Gasteiger partial charge in [-0.3, -0.25) is 14.4 Å². The molecule has 1 fully saturated rings. The van der Waals surface area contributed by atoms with Crippen molar-refractivity contribution in [2.75, 3.05) is 12.4 Å². The molecule has 8 nitrogen and oxygen atoms in total. The van der Waals surface area contributed by atoms with E-state index in [1.807, 2.05) is 44.2 Å². The molecule has 1 aliphatic rings. The molecule has 0 bridgehead atoms. The molecule has 2 aromatic carbocycles. The van der Waals surface area contributed by atoms with E-state index in [4.69, 9.17) is 6.42 Å². The summed E-state index contributed by atoms with van der Waals surface area (Å²) in [5.41, 5.74) is 1.43. The minimum absolute atomic E-state index is 0.0244. The Kier molecular flexibility index (Phi) is 8.66. The zero-order chi connectivity index (χ0) is 26.5. The summed E-state index contributed by atoms with van der Waals surface area (Å²) in [7, 11) is 0. The first-order valence-corrected chi connectivity index (χ1v) is 12.5. The molecule has 3 rings (SSSR count). The standard InChI is InChI=1S/C27H31N3O5S/c1-5-14-28-25(34)23-27(3,4)36-16-30(23)26(35)22(32)20(15-18-10-7-6-8-11-18)29-24(33)19-12-9-13-21(31)17(19)2/h1,6-13,20,22-23,31-32H,14-16H2,2-4H3,(H,28,34)(H,29,33)/t20-,22-,23+/m0/s1. The number of hydrogen-bond acceptors (Lipinski definition) is 6. The predicted molar refractivity (Wildman–Crippen MR) is 139 cm³/mol. The van der Waals surface area contributed by atoms with Crippen molar-refractivity contribution >= 4 is 29.5 Å². The van der Waals surface area contributed by atoms with Gasteiger partial charge in [0.25, 0.3) is 11.8 Å². The Morgan fingerprint density at radius 1 is 1.19 bits per heavy atom. The average Bonchev–Trinajstić information content (AvgIpc) is 3.18. The van der Waals surface area contributed by atoms with Gasteiger partial charge in [0.2, 0.25) is 5.91 Å². The van der Waals surface area contributed by atoms with Crippen molar-refractivity contribution in [1.29, 1.82) is 0 Å². The molecule has 2 aromatic rings. The third kappa shape index (κ3) is 6.01. The highest BCUT2D eigenvalue weighted by atomic mass is 32.2. The Morgan fingerprint density at radius 3 is 2.56 bits per heavy atom. The lowest BCUT2D eigenvalue weighted by Gasteiger charge is -2.33. The van der Waals surface area contributed by atoms with Crippen LogP contribution in [0, 0.1) is 19.3 Å². The normalized spacial score (nSPS) is 18.1. The molecule has 1 saturated heterocycles. The number of aliphatic hydroxyl groups excluding tert-OH is 1. The van der Waals surface area contributed by atoms with Crippen LogP contribution >= 0.6 is 11.8 Å². The number of aliphatic hydroxyl groups is 1. The Bertz CT molecular complexity index is 1160. The number of thioether (sulfide) groups is 1. The highest BCUT2D eigenvalue weighted by Gasteiger charge is 2.49. The van der Waals surface area contributed by atoms with Gasteiger partial charge in [-0.2, -0.15) is 0 Å². The number of carbonyl (C=O) groups excluding carboxylic acids is 3. The molecule has 0 spiro atoms. The molecule has 9 heteroatoms. The summed E-state index contributed by atoms with van der Waals surface area (Å²) in [5.74, 6) is 0.926. The van der Waals surface area contributed by atoms with Gasteiger partial charge in [-0.05, 0) is 44.9 Å². The topological polar surface area (TPSA) is 119 Å². The second-order valence-corrected chi connectivity index (χ2v) is 10.8. The van der Waals surface area contributed by atoms with Gasteiger partial charge in [0.1, 0.15) is 11.8 Å². The monoisotopic (exact) mass is 509 g/mol. The van der Waals surface area contributed by atoms with E-state index < -0.39 is 40.7 Å². The maximum Gasteiger partial charge on any atom is 0.254 e. The molecule has 0 saturated carbocycles. The van der Waals surface area contributed by atoms with Crippen LogP contribution in [0.5, 0.6) is 5.75 Å². The van der Waals surface area contributed by atoms with Crippen LogP contribution in [0.1, 0.15) is 35.3 Å². The number of phenols is 1. The first-order chi connectivity index (χ1) is 17.1. The summed E-state index contributed by atoms with van der Waals surface area (Å²) in [5, 5.41) is 26.6. The van der Waals surface area contributed by atoms with Crippen LogP contribution in [-0.4, -0.2) is 68.2 Å². The van der Waals surface area contributed by atoms with E-state index in [1.165, 1.54) is 22.7 Å². The van der Waals surface area contributed by atoms with Crippen LogP contribution < -0.4 is 10.6 Å². The number of amides is 3. The molecule has 3 amide bonds. The maximum atomic E-state index is 13.5. The van der Waals surface area contributed by atoms with Crippen LogP contribution in [0.2, 0.25) is 0 Å². The van der Waals surface area contributed by atoms with Gasteiger partial charge in [-0.1, -0.05) is 42.3 Å². The van der Waals surface area contributed by atoms with E-state index in [9.17, 15) is 24.6 Å². The largest absolute Gasteiger partial charge is 0.508 e. The molecule has 1 heterocycles. The lowest BCUT2D eigenvalue weighted by molar-refractivity contribution is -0.147. The molecular weight excluding hydrogens is 478 g/mol. The Labute approximate surface area is 215 Å². The van der Waals surface area contributed by atoms with Crippen LogP contribution in [0.25, 0.3) is 0 Å². The van der Waals surface area contributed by atoms with E-state index in [0.717, 1.165) is 5.56 Å². The molecule has 1 aliphatic heterocycles. The molecule has 4 N–H and O–H groups in total. The van der Waals surface area contributed by atoms with Gasteiger partial charge in [0.15, 0.2) is 6.10 Å². The predicted octanol–water partition coefficient (Wildman–Crippen LogP) is 1.83. The first kappa shape index (κ1) is 27.1. The van der Waals surface area contributed by atoms with Gasteiger partial charge in [-0.25, -0.2) is 0 Å². The molecule has 0 aliphatic carbocycles. The van der Waals surface area contributed by atoms with Crippen LogP contribution in [0.4, 0.5) is 0 Å². The summed E-state index contributed by atoms with van der Waals surface area (Å²) in [6.07, 6.45) is 3.82. The van der Waals surface area contributed by atoms with Gasteiger partial charge in [0.05, 0.1) is 18.5 Å². The average molecular weight is 510 g/mol. The second-order valence-electron chi connectivity index (χ2n) is 9.17. The summed E-state index contributed by atoms with van der Waals surface area (Å²) >= 11 is 1.42. The van der Waals surface area contributed by atoms with Gasteiger partial charge >= 0.3 is 0 Å². The van der Waals surface area contributed by atoms with Crippen molar-refractivity contribution in [3.8, 4) is 18.1 Å². The fourth-order valence-corrected chi connectivity index (χ4v) is 5.36. The second kappa shape index (κ2) is 11.5. The van der Waals surface area contributed by atoms with Crippen molar-refractivity contribution in [3.05, 3.63) is 65.2 Å². The quantitative estimate of drug-likeness (QED) is 0.403. The van der Waals surface area contributed by atoms with Crippen molar-refractivity contribution in [2.24, 2.45) is 0 Å². The number of carbonyl (C=O) groups is 3. The summed E-state index contributed by atoms with van der Waals surface area (Å²) in [6.45, 7) is 5.34. The highest BCUT2D eigenvalue weighted by molar-refractivity contribution is 8.00. The zero-order valence-electron chi connectivity index (χ0n) is 20.5. The molecule has 0 unspecified atom stereocenters. The summed E-state index contributed by atoms with van der Waals surface area (Å²) in [6, 6.07) is 11.9. The van der Waals surface area contributed by atoms with Crippen molar-refractivity contribution in [1.82, 2.24) is 15.5 Å². The van der Waals surface area contributed by atoms with Crippen molar-refractivity contribution in [2.45, 2.75) is 50.1 Å². The number of nitrogens with zero attached hydrogens (tertiary/aromatic N) is 1. The number of phenolic OH excluding ortho intramolecular Hbond substituents is 1. The molecule has 36 heavy (non-hydrogen) atoms. The number of aromatic hydroxyl groups is 1. The molecule has 190 valence electrons. The van der Waals surface area contributed by atoms with Gasteiger partial charge in [0, 0.05) is 15.9 Å². The number of hydrogen-bond donors (Lipinski definition) is 4. The number of terminal acetylenes is 1. The van der Waals surface area contributed by atoms with E-state index in [0.29, 0.717) is 5.56 Å². The van der Waals surface area contributed by atoms with E-state index in [1.54, 1.807) is 19.1 Å². The minimum Gasteiger partial charge on any atom is -0.508 e. The number of benzene rings is 2. The zero-order valence-corrected chi connectivity index (χ0v) is 21.3. The molecule has 0 radical (unpaired) electrons. The third-order valence-corrected chi connectivity index (χ3v) is 7.62. The molecule has 0 aromatic heterocycles. The number of rotatable bonds is 8. The van der Waals surface area contributed by atoms with Crippen LogP contribution in [0.3, 0.4) is 0 Å². The van der Waals surface area contributed by atoms with Gasteiger partial charge < -0.3 is 25.7 Å². The van der Waals surface area contributed by atoms with E-state index >= 15 is 0 Å². The summed E-state index contributed by atoms with van der Waals surface area (Å²) < 4.78 is -0.606. The Hall–Kier alpha value is -3.48.